The fourth-order valence-electron chi connectivity index (χ4n) is 2.18. The zero-order valence-corrected chi connectivity index (χ0v) is 11.7. The van der Waals surface area contributed by atoms with E-state index in [-0.39, 0.29) is 5.82 Å². The Kier molecular flexibility index (Phi) is 3.03. The molecule has 2 aromatic carbocycles. The first-order valence-corrected chi connectivity index (χ1v) is 6.71. The molecule has 1 heterocycles. The molecule has 2 nitrogen and oxygen atoms in total. The van der Waals surface area contributed by atoms with E-state index in [0.29, 0.717) is 0 Å². The predicted molar refractivity (Wildman–Crippen MR) is 79.6 cm³/mol. The van der Waals surface area contributed by atoms with Gasteiger partial charge < -0.3 is 10.3 Å². The van der Waals surface area contributed by atoms with Crippen molar-refractivity contribution in [2.24, 2.45) is 0 Å². The molecule has 2 N–H and O–H groups in total. The van der Waals surface area contributed by atoms with E-state index in [1.165, 1.54) is 6.07 Å². The van der Waals surface area contributed by atoms with E-state index in [0.717, 1.165) is 33.2 Å². The van der Waals surface area contributed by atoms with Crippen LogP contribution in [0.4, 0.5) is 10.1 Å². The van der Waals surface area contributed by atoms with Crippen LogP contribution in [-0.2, 0) is 6.54 Å². The minimum absolute atomic E-state index is 0.209. The van der Waals surface area contributed by atoms with E-state index in [1.54, 1.807) is 12.1 Å². The van der Waals surface area contributed by atoms with E-state index < -0.39 is 0 Å². The molecule has 0 spiro atoms. The molecule has 0 amide bonds. The Hall–Kier alpha value is -1.81. The minimum Gasteiger partial charge on any atom is -0.399 e. The maximum absolute atomic E-state index is 13.2. The van der Waals surface area contributed by atoms with Crippen LogP contribution in [0, 0.1) is 5.82 Å². The smallest absolute Gasteiger partial charge is 0.123 e. The van der Waals surface area contributed by atoms with Crippen LogP contribution >= 0.6 is 15.9 Å². The summed E-state index contributed by atoms with van der Waals surface area (Å²) >= 11 is 3.52. The van der Waals surface area contributed by atoms with Crippen molar-refractivity contribution in [1.29, 1.82) is 0 Å². The lowest BCUT2D eigenvalue weighted by atomic mass is 10.2. The van der Waals surface area contributed by atoms with E-state index in [4.69, 9.17) is 5.73 Å². The van der Waals surface area contributed by atoms with E-state index in [9.17, 15) is 4.39 Å². The van der Waals surface area contributed by atoms with Gasteiger partial charge in [0.25, 0.3) is 0 Å². The lowest BCUT2D eigenvalue weighted by molar-refractivity contribution is 0.629. The highest BCUT2D eigenvalue weighted by molar-refractivity contribution is 9.10. The normalized spacial score (nSPS) is 11.1. The highest BCUT2D eigenvalue weighted by Gasteiger charge is 2.05. The molecule has 1 aromatic heterocycles. The van der Waals surface area contributed by atoms with Crippen LogP contribution < -0.4 is 5.73 Å². The summed E-state index contributed by atoms with van der Waals surface area (Å²) in [5, 5.41) is 0.909. The fraction of sp³-hybridized carbons (Fsp3) is 0.0667. The number of rotatable bonds is 2. The molecule has 0 atom stereocenters. The predicted octanol–water partition coefficient (Wildman–Crippen LogP) is 4.17. The average Bonchev–Trinajstić information content (AvgIpc) is 2.75. The maximum atomic E-state index is 13.2. The van der Waals surface area contributed by atoms with E-state index >= 15 is 0 Å². The van der Waals surface area contributed by atoms with Crippen molar-refractivity contribution >= 4 is 32.5 Å². The summed E-state index contributed by atoms with van der Waals surface area (Å²) in [6.07, 6.45) is 1.97. The van der Waals surface area contributed by atoms with Gasteiger partial charge in [-0.2, -0.15) is 0 Å². The van der Waals surface area contributed by atoms with E-state index in [1.807, 2.05) is 30.5 Å². The number of halogens is 2. The number of hydrogen-bond donors (Lipinski definition) is 1. The molecule has 19 heavy (non-hydrogen) atoms. The summed E-state index contributed by atoms with van der Waals surface area (Å²) in [5.74, 6) is -0.209. The van der Waals surface area contributed by atoms with Crippen LogP contribution in [0.1, 0.15) is 5.56 Å². The summed E-state index contributed by atoms with van der Waals surface area (Å²) in [6.45, 7) is 0.718. The van der Waals surface area contributed by atoms with E-state index in [2.05, 4.69) is 20.5 Å². The SMILES string of the molecule is Nc1ccc(Cn2ccc3cc(F)ccc32)c(Br)c1. The summed E-state index contributed by atoms with van der Waals surface area (Å²) in [6, 6.07) is 12.5. The molecule has 0 fully saturated rings. The molecular weight excluding hydrogens is 307 g/mol. The lowest BCUT2D eigenvalue weighted by Gasteiger charge is -2.08. The van der Waals surface area contributed by atoms with Gasteiger partial charge in [-0.15, -0.1) is 0 Å². The van der Waals surface area contributed by atoms with Gasteiger partial charge in [0, 0.05) is 33.8 Å². The number of aromatic nitrogens is 1. The Morgan fingerprint density at radius 1 is 1.11 bits per heavy atom. The van der Waals surface area contributed by atoms with Crippen LogP contribution in [-0.4, -0.2) is 4.57 Å². The Balaban J connectivity index is 2.01. The molecule has 96 valence electrons. The number of nitrogen functional groups attached to an aromatic ring is 1. The molecule has 3 rings (SSSR count). The van der Waals surface area contributed by atoms with Crippen LogP contribution in [0.2, 0.25) is 0 Å². The van der Waals surface area contributed by atoms with Crippen LogP contribution in [0.3, 0.4) is 0 Å². The number of benzene rings is 2. The highest BCUT2D eigenvalue weighted by atomic mass is 79.9. The summed E-state index contributed by atoms with van der Waals surface area (Å²) in [7, 11) is 0. The fourth-order valence-corrected chi connectivity index (χ4v) is 2.71. The van der Waals surface area contributed by atoms with Crippen molar-refractivity contribution in [3.8, 4) is 0 Å². The second-order valence-corrected chi connectivity index (χ2v) is 5.35. The second kappa shape index (κ2) is 4.70. The van der Waals surface area contributed by atoms with Gasteiger partial charge in [0.05, 0.1) is 0 Å². The number of anilines is 1. The van der Waals surface area contributed by atoms with Crippen LogP contribution in [0.15, 0.2) is 53.1 Å². The van der Waals surface area contributed by atoms with Gasteiger partial charge in [-0.1, -0.05) is 22.0 Å². The Labute approximate surface area is 118 Å². The van der Waals surface area contributed by atoms with Crippen LogP contribution in [0.25, 0.3) is 10.9 Å². The lowest BCUT2D eigenvalue weighted by Crippen LogP contribution is -1.99. The van der Waals surface area contributed by atoms with Gasteiger partial charge in [-0.05, 0) is 42.0 Å². The second-order valence-electron chi connectivity index (χ2n) is 4.50. The molecule has 0 bridgehead atoms. The zero-order valence-electron chi connectivity index (χ0n) is 10.1. The van der Waals surface area contributed by atoms with Crippen molar-refractivity contribution in [2.45, 2.75) is 6.54 Å². The molecule has 0 radical (unpaired) electrons. The molecular formula is C15H12BrFN2. The third kappa shape index (κ3) is 2.36. The first-order chi connectivity index (χ1) is 9.13. The molecule has 0 unspecified atom stereocenters. The monoisotopic (exact) mass is 318 g/mol. The largest absolute Gasteiger partial charge is 0.399 e. The Bertz CT molecular complexity index is 749. The van der Waals surface area contributed by atoms with Gasteiger partial charge in [-0.25, -0.2) is 4.39 Å². The summed E-state index contributed by atoms with van der Waals surface area (Å²) in [5.41, 5.74) is 8.61. The van der Waals surface area contributed by atoms with Crippen molar-refractivity contribution in [2.75, 3.05) is 5.73 Å². The third-order valence-electron chi connectivity index (χ3n) is 3.15. The van der Waals surface area contributed by atoms with Gasteiger partial charge in [0.15, 0.2) is 0 Å². The number of hydrogen-bond acceptors (Lipinski definition) is 1. The van der Waals surface area contributed by atoms with Crippen molar-refractivity contribution < 1.29 is 4.39 Å². The molecule has 0 aliphatic heterocycles. The number of nitrogens with two attached hydrogens (primary N) is 1. The number of fused-ring (bicyclic) bond motifs is 1. The van der Waals surface area contributed by atoms with Crippen molar-refractivity contribution in [3.05, 3.63) is 64.5 Å². The highest BCUT2D eigenvalue weighted by Crippen LogP contribution is 2.23. The van der Waals surface area contributed by atoms with Gasteiger partial charge in [0.1, 0.15) is 5.82 Å². The van der Waals surface area contributed by atoms with Gasteiger partial charge >= 0.3 is 0 Å². The van der Waals surface area contributed by atoms with Crippen molar-refractivity contribution in [3.63, 3.8) is 0 Å². The maximum Gasteiger partial charge on any atom is 0.123 e. The van der Waals surface area contributed by atoms with Gasteiger partial charge in [-0.3, -0.25) is 0 Å². The van der Waals surface area contributed by atoms with Crippen molar-refractivity contribution in [1.82, 2.24) is 4.57 Å². The van der Waals surface area contributed by atoms with Crippen LogP contribution in [0.5, 0.6) is 0 Å². The molecule has 3 aromatic rings. The Morgan fingerprint density at radius 3 is 2.74 bits per heavy atom. The van der Waals surface area contributed by atoms with Gasteiger partial charge in [0.2, 0.25) is 0 Å². The first kappa shape index (κ1) is 12.2. The Morgan fingerprint density at radius 2 is 1.95 bits per heavy atom. The first-order valence-electron chi connectivity index (χ1n) is 5.92. The molecule has 0 saturated heterocycles. The minimum atomic E-state index is -0.209. The molecule has 0 aliphatic carbocycles. The topological polar surface area (TPSA) is 30.9 Å². The number of nitrogens with zero attached hydrogens (tertiary/aromatic N) is 1. The summed E-state index contributed by atoms with van der Waals surface area (Å²) < 4.78 is 16.2. The molecule has 0 saturated carbocycles. The average molecular weight is 319 g/mol. The molecule has 4 heteroatoms. The third-order valence-corrected chi connectivity index (χ3v) is 3.89. The quantitative estimate of drug-likeness (QED) is 0.706. The molecule has 0 aliphatic rings. The summed E-state index contributed by atoms with van der Waals surface area (Å²) in [4.78, 5) is 0. The zero-order chi connectivity index (χ0) is 13.4. The standard InChI is InChI=1S/C15H12BrFN2/c16-14-8-13(18)3-1-11(14)9-19-6-5-10-7-12(17)2-4-15(10)19/h1-8H,9,18H2.